The monoisotopic (exact) mass is 288 g/mol. The number of benzene rings is 2. The van der Waals surface area contributed by atoms with Crippen LogP contribution in [0.2, 0.25) is 0 Å². The quantitative estimate of drug-likeness (QED) is 0.600. The van der Waals surface area contributed by atoms with Gasteiger partial charge < -0.3 is 0 Å². The Bertz CT molecular complexity index is 535. The highest BCUT2D eigenvalue weighted by Crippen LogP contribution is 2.30. The molecule has 0 fully saturated rings. The first-order valence-corrected chi connectivity index (χ1v) is 5.69. The summed E-state index contributed by atoms with van der Waals surface area (Å²) in [5.74, 6) is -1.90. The number of anilines is 2. The number of para-hydroxylation sites is 1. The van der Waals surface area contributed by atoms with Crippen LogP contribution in [0.5, 0.6) is 0 Å². The van der Waals surface area contributed by atoms with E-state index < -0.39 is 11.6 Å². The summed E-state index contributed by atoms with van der Waals surface area (Å²) in [5, 5.41) is 1.33. The summed E-state index contributed by atoms with van der Waals surface area (Å²) in [6, 6.07) is 12.2. The van der Waals surface area contributed by atoms with Crippen LogP contribution in [0.3, 0.4) is 0 Å². The predicted octanol–water partition coefficient (Wildman–Crippen LogP) is 4.63. The molecule has 2 nitrogen and oxygen atoms in total. The molecule has 2 aromatic rings. The van der Waals surface area contributed by atoms with Crippen molar-refractivity contribution in [1.29, 1.82) is 0 Å². The summed E-state index contributed by atoms with van der Waals surface area (Å²) in [5.41, 5.74) is 0.929. The molecule has 0 saturated heterocycles. The van der Waals surface area contributed by atoms with Gasteiger partial charge in [-0.3, -0.25) is 0 Å². The molecule has 0 heterocycles. The van der Waals surface area contributed by atoms with E-state index >= 15 is 0 Å². The molecule has 0 radical (unpaired) electrons. The van der Waals surface area contributed by atoms with Crippen LogP contribution in [-0.4, -0.2) is 4.05 Å². The number of hydrazine groups is 1. The molecule has 0 aliphatic carbocycles. The Hall–Kier alpha value is -1.36. The van der Waals surface area contributed by atoms with Crippen molar-refractivity contribution in [3.8, 4) is 0 Å². The molecule has 0 N–H and O–H groups in total. The third-order valence-corrected chi connectivity index (χ3v) is 2.60. The first-order valence-electron chi connectivity index (χ1n) is 5.01. The average Bonchev–Trinajstić information content (AvgIpc) is 2.35. The third-order valence-electron chi connectivity index (χ3n) is 2.30. The zero-order chi connectivity index (χ0) is 13.1. The van der Waals surface area contributed by atoms with Crippen molar-refractivity contribution in [2.24, 2.45) is 0 Å². The zero-order valence-corrected chi connectivity index (χ0v) is 10.5. The number of nitrogens with zero attached hydrogens (tertiary/aromatic N) is 2. The summed E-state index contributed by atoms with van der Waals surface area (Å²) in [7, 11) is 0. The van der Waals surface area contributed by atoms with E-state index in [1.165, 1.54) is 11.1 Å². The van der Waals surface area contributed by atoms with Gasteiger partial charge in [-0.2, -0.15) is 0 Å². The topological polar surface area (TPSA) is 6.48 Å². The molecule has 0 spiro atoms. The first-order chi connectivity index (χ1) is 8.59. The SMILES string of the molecule is Fc1ccc(N(c2ccccc2)N(Cl)Cl)cc1F. The highest BCUT2D eigenvalue weighted by atomic mass is 35.5. The predicted molar refractivity (Wildman–Crippen MR) is 68.5 cm³/mol. The lowest BCUT2D eigenvalue weighted by Gasteiger charge is -2.26. The minimum absolute atomic E-state index is 0.310. The maximum Gasteiger partial charge on any atom is 0.160 e. The Morgan fingerprint density at radius 1 is 0.778 bits per heavy atom. The van der Waals surface area contributed by atoms with E-state index in [0.717, 1.165) is 16.2 Å². The Balaban J connectivity index is 2.45. The van der Waals surface area contributed by atoms with Gasteiger partial charge in [0.15, 0.2) is 11.6 Å². The molecule has 2 rings (SSSR count). The van der Waals surface area contributed by atoms with Crippen LogP contribution in [-0.2, 0) is 0 Å². The van der Waals surface area contributed by atoms with Gasteiger partial charge in [0, 0.05) is 29.6 Å². The van der Waals surface area contributed by atoms with Crippen LogP contribution in [0.1, 0.15) is 0 Å². The van der Waals surface area contributed by atoms with Crippen molar-refractivity contribution in [2.75, 3.05) is 5.01 Å². The second-order valence-electron chi connectivity index (χ2n) is 3.46. The van der Waals surface area contributed by atoms with Gasteiger partial charge >= 0.3 is 0 Å². The van der Waals surface area contributed by atoms with E-state index in [1.54, 1.807) is 24.3 Å². The Kier molecular flexibility index (Phi) is 4.01. The third kappa shape index (κ3) is 2.72. The van der Waals surface area contributed by atoms with Gasteiger partial charge in [-0.1, -0.05) is 18.2 Å². The molecule has 0 saturated carbocycles. The molecule has 2 aromatic carbocycles. The van der Waals surface area contributed by atoms with Gasteiger partial charge in [0.25, 0.3) is 0 Å². The number of hydrogen-bond donors (Lipinski definition) is 0. The maximum atomic E-state index is 13.2. The molecule has 0 aromatic heterocycles. The largest absolute Gasteiger partial charge is 0.246 e. The Morgan fingerprint density at radius 2 is 1.44 bits per heavy atom. The fourth-order valence-corrected chi connectivity index (χ4v) is 1.86. The van der Waals surface area contributed by atoms with Crippen LogP contribution >= 0.6 is 23.6 Å². The highest BCUT2D eigenvalue weighted by molar-refractivity contribution is 6.34. The summed E-state index contributed by atoms with van der Waals surface area (Å²) in [6.07, 6.45) is 0. The van der Waals surface area contributed by atoms with Crippen LogP contribution < -0.4 is 5.01 Å². The second-order valence-corrected chi connectivity index (χ2v) is 4.27. The first kappa shape index (κ1) is 13.1. The van der Waals surface area contributed by atoms with E-state index in [1.807, 2.05) is 6.07 Å². The standard InChI is InChI=1S/C12H8Cl2F2N2/c13-18(14)17(9-4-2-1-3-5-9)10-6-7-11(15)12(16)8-10/h1-8H. The molecule has 0 bridgehead atoms. The number of rotatable bonds is 3. The number of hydrogen-bond acceptors (Lipinski definition) is 2. The summed E-state index contributed by atoms with van der Waals surface area (Å²) in [4.78, 5) is 0. The maximum absolute atomic E-state index is 13.2. The van der Waals surface area contributed by atoms with Crippen LogP contribution in [0.4, 0.5) is 20.2 Å². The van der Waals surface area contributed by atoms with Gasteiger partial charge in [-0.15, -0.1) is 0 Å². The van der Waals surface area contributed by atoms with E-state index in [-0.39, 0.29) is 0 Å². The van der Waals surface area contributed by atoms with Crippen LogP contribution in [0.25, 0.3) is 0 Å². The van der Waals surface area contributed by atoms with E-state index in [9.17, 15) is 8.78 Å². The molecular weight excluding hydrogens is 281 g/mol. The normalized spacial score (nSPS) is 10.7. The molecule has 0 amide bonds. The fraction of sp³-hybridized carbons (Fsp3) is 0. The number of halogens is 4. The smallest absolute Gasteiger partial charge is 0.160 e. The minimum atomic E-state index is -0.969. The van der Waals surface area contributed by atoms with Crippen molar-refractivity contribution < 1.29 is 8.78 Å². The summed E-state index contributed by atoms with van der Waals surface area (Å²) in [6.45, 7) is 0. The van der Waals surface area contributed by atoms with Gasteiger partial charge in [-0.25, -0.2) is 13.8 Å². The van der Waals surface area contributed by atoms with E-state index in [0.29, 0.717) is 11.4 Å². The van der Waals surface area contributed by atoms with Crippen LogP contribution in [0.15, 0.2) is 48.5 Å². The van der Waals surface area contributed by atoms with Gasteiger partial charge in [-0.05, 0) is 28.3 Å². The molecule has 0 unspecified atom stereocenters. The lowest BCUT2D eigenvalue weighted by Crippen LogP contribution is -2.24. The molecule has 94 valence electrons. The average molecular weight is 289 g/mol. The molecule has 6 heteroatoms. The Labute approximate surface area is 113 Å². The lowest BCUT2D eigenvalue weighted by molar-refractivity contribution is 0.508. The molecule has 0 aliphatic heterocycles. The van der Waals surface area contributed by atoms with Crippen molar-refractivity contribution in [3.63, 3.8) is 0 Å². The van der Waals surface area contributed by atoms with Crippen molar-refractivity contribution >= 4 is 34.9 Å². The lowest BCUT2D eigenvalue weighted by atomic mass is 10.2. The van der Waals surface area contributed by atoms with Gasteiger partial charge in [0.05, 0.1) is 11.4 Å². The molecular formula is C12H8Cl2F2N2. The fourth-order valence-electron chi connectivity index (χ4n) is 1.51. The summed E-state index contributed by atoms with van der Waals surface area (Å²) < 4.78 is 26.9. The van der Waals surface area contributed by atoms with E-state index in [4.69, 9.17) is 23.6 Å². The van der Waals surface area contributed by atoms with Crippen molar-refractivity contribution in [2.45, 2.75) is 0 Å². The van der Waals surface area contributed by atoms with Crippen LogP contribution in [0, 0.1) is 11.6 Å². The van der Waals surface area contributed by atoms with Gasteiger partial charge in [0.1, 0.15) is 0 Å². The van der Waals surface area contributed by atoms with Crippen molar-refractivity contribution in [1.82, 2.24) is 4.05 Å². The van der Waals surface area contributed by atoms with E-state index in [2.05, 4.69) is 0 Å². The molecule has 0 aliphatic rings. The minimum Gasteiger partial charge on any atom is -0.246 e. The zero-order valence-electron chi connectivity index (χ0n) is 9.03. The Morgan fingerprint density at radius 3 is 2.00 bits per heavy atom. The summed E-state index contributed by atoms with van der Waals surface area (Å²) >= 11 is 11.4. The molecule has 18 heavy (non-hydrogen) atoms. The highest BCUT2D eigenvalue weighted by Gasteiger charge is 2.16. The van der Waals surface area contributed by atoms with Crippen molar-refractivity contribution in [3.05, 3.63) is 60.2 Å². The van der Waals surface area contributed by atoms with Gasteiger partial charge in [0.2, 0.25) is 0 Å². The second kappa shape index (κ2) is 5.52. The molecule has 0 atom stereocenters.